The molecule has 0 saturated carbocycles. The van der Waals surface area contributed by atoms with E-state index in [-0.39, 0.29) is 4.90 Å². The summed E-state index contributed by atoms with van der Waals surface area (Å²) >= 11 is 1.67. The van der Waals surface area contributed by atoms with Gasteiger partial charge in [0, 0.05) is 15.8 Å². The van der Waals surface area contributed by atoms with Crippen LogP contribution < -0.4 is 0 Å². The number of halogens is 1. The molecule has 0 aliphatic carbocycles. The van der Waals surface area contributed by atoms with Gasteiger partial charge in [-0.3, -0.25) is 0 Å². The average molecular weight is 369 g/mol. The molecule has 0 fully saturated rings. The van der Waals surface area contributed by atoms with Crippen molar-refractivity contribution in [2.24, 2.45) is 0 Å². The van der Waals surface area contributed by atoms with Gasteiger partial charge in [0.05, 0.1) is 16.1 Å². The largest absolute Gasteiger partial charge is 0.332 e. The van der Waals surface area contributed by atoms with E-state index in [9.17, 15) is 12.3 Å². The van der Waals surface area contributed by atoms with E-state index in [1.54, 1.807) is 17.4 Å². The first-order valence-corrected chi connectivity index (χ1v) is 9.77. The molecular formula is C19H12FNO2S2. The second kappa shape index (κ2) is 6.06. The highest BCUT2D eigenvalue weighted by atomic mass is 32.3. The standard InChI is InChI=1S/C19H12FNO2S2/c20-25(22,23)16-7-9-18-14(12-16)6-8-17(21-18)13-3-1-4-15(11-13)19-5-2-10-24-19/h1-12H. The van der Waals surface area contributed by atoms with Gasteiger partial charge in [0.2, 0.25) is 0 Å². The van der Waals surface area contributed by atoms with Crippen molar-refractivity contribution in [2.45, 2.75) is 4.90 Å². The third-order valence-electron chi connectivity index (χ3n) is 3.91. The Balaban J connectivity index is 1.79. The van der Waals surface area contributed by atoms with Crippen LogP contribution in [0.4, 0.5) is 3.89 Å². The van der Waals surface area contributed by atoms with E-state index in [0.717, 1.165) is 16.8 Å². The van der Waals surface area contributed by atoms with Gasteiger partial charge >= 0.3 is 10.2 Å². The Kier molecular flexibility index (Phi) is 3.86. The van der Waals surface area contributed by atoms with E-state index in [4.69, 9.17) is 0 Å². The molecule has 2 aromatic carbocycles. The Morgan fingerprint density at radius 2 is 1.72 bits per heavy atom. The Labute approximate surface area is 148 Å². The molecule has 0 radical (unpaired) electrons. The van der Waals surface area contributed by atoms with Gasteiger partial charge in [-0.15, -0.1) is 15.2 Å². The van der Waals surface area contributed by atoms with Crippen molar-refractivity contribution >= 4 is 32.5 Å². The summed E-state index contributed by atoms with van der Waals surface area (Å²) < 4.78 is 35.2. The van der Waals surface area contributed by atoms with Crippen molar-refractivity contribution in [3.63, 3.8) is 0 Å². The lowest BCUT2D eigenvalue weighted by Crippen LogP contribution is -1.92. The highest BCUT2D eigenvalue weighted by Crippen LogP contribution is 2.29. The fourth-order valence-corrected chi connectivity index (χ4v) is 3.91. The molecule has 4 rings (SSSR count). The fraction of sp³-hybridized carbons (Fsp3) is 0. The molecule has 0 aliphatic rings. The van der Waals surface area contributed by atoms with E-state index in [2.05, 4.69) is 23.2 Å². The molecule has 6 heteroatoms. The summed E-state index contributed by atoms with van der Waals surface area (Å²) in [7, 11) is -4.71. The number of nitrogens with zero attached hydrogens (tertiary/aromatic N) is 1. The third kappa shape index (κ3) is 3.18. The summed E-state index contributed by atoms with van der Waals surface area (Å²) in [5.74, 6) is 0. The lowest BCUT2D eigenvalue weighted by atomic mass is 10.1. The Bertz CT molecular complexity index is 1170. The van der Waals surface area contributed by atoms with Crippen molar-refractivity contribution in [3.8, 4) is 21.7 Å². The number of benzene rings is 2. The van der Waals surface area contributed by atoms with Crippen LogP contribution in [0.25, 0.3) is 32.6 Å². The van der Waals surface area contributed by atoms with E-state index in [1.807, 2.05) is 29.6 Å². The molecule has 0 atom stereocenters. The molecule has 25 heavy (non-hydrogen) atoms. The number of fused-ring (bicyclic) bond motifs is 1. The van der Waals surface area contributed by atoms with Crippen LogP contribution in [0.2, 0.25) is 0 Å². The summed E-state index contributed by atoms with van der Waals surface area (Å²) in [6.07, 6.45) is 0. The number of rotatable bonds is 3. The first-order valence-electron chi connectivity index (χ1n) is 7.50. The third-order valence-corrected chi connectivity index (χ3v) is 5.64. The van der Waals surface area contributed by atoms with Crippen molar-refractivity contribution in [1.82, 2.24) is 4.98 Å². The lowest BCUT2D eigenvalue weighted by Gasteiger charge is -2.06. The van der Waals surface area contributed by atoms with Gasteiger partial charge in [-0.2, -0.15) is 8.42 Å². The van der Waals surface area contributed by atoms with Crippen LogP contribution in [-0.2, 0) is 10.2 Å². The average Bonchev–Trinajstić information content (AvgIpc) is 3.15. The summed E-state index contributed by atoms with van der Waals surface area (Å²) in [6.45, 7) is 0. The van der Waals surface area contributed by atoms with Crippen LogP contribution in [0, 0.1) is 0 Å². The second-order valence-corrected chi connectivity index (χ2v) is 7.84. The smallest absolute Gasteiger partial charge is 0.248 e. The van der Waals surface area contributed by atoms with E-state index in [0.29, 0.717) is 10.9 Å². The second-order valence-electron chi connectivity index (χ2n) is 5.55. The molecular weight excluding hydrogens is 357 g/mol. The van der Waals surface area contributed by atoms with Gasteiger partial charge in [-0.1, -0.05) is 30.3 Å². The van der Waals surface area contributed by atoms with Gasteiger partial charge < -0.3 is 0 Å². The maximum Gasteiger partial charge on any atom is 0.332 e. The molecule has 0 bridgehead atoms. The Morgan fingerprint density at radius 3 is 2.48 bits per heavy atom. The zero-order valence-electron chi connectivity index (χ0n) is 12.9. The summed E-state index contributed by atoms with van der Waals surface area (Å²) in [4.78, 5) is 5.41. The van der Waals surface area contributed by atoms with Crippen LogP contribution in [-0.4, -0.2) is 13.4 Å². The molecule has 0 spiro atoms. The van der Waals surface area contributed by atoms with Crippen LogP contribution >= 0.6 is 11.3 Å². The van der Waals surface area contributed by atoms with Crippen molar-refractivity contribution in [3.05, 3.63) is 72.1 Å². The molecule has 3 nitrogen and oxygen atoms in total. The molecule has 0 unspecified atom stereocenters. The Hall–Kier alpha value is -2.57. The molecule has 2 aromatic heterocycles. The number of pyridine rings is 1. The molecule has 0 saturated heterocycles. The summed E-state index contributed by atoms with van der Waals surface area (Å²) in [5.41, 5.74) is 3.48. The Morgan fingerprint density at radius 1 is 0.880 bits per heavy atom. The SMILES string of the molecule is O=S(=O)(F)c1ccc2nc(-c3cccc(-c4cccs4)c3)ccc2c1. The summed E-state index contributed by atoms with van der Waals surface area (Å²) in [6, 6.07) is 19.8. The zero-order chi connectivity index (χ0) is 17.4. The van der Waals surface area contributed by atoms with Crippen LogP contribution in [0.3, 0.4) is 0 Å². The van der Waals surface area contributed by atoms with E-state index >= 15 is 0 Å². The zero-order valence-corrected chi connectivity index (χ0v) is 14.5. The van der Waals surface area contributed by atoms with Gasteiger partial charge in [0.1, 0.15) is 0 Å². The minimum atomic E-state index is -4.71. The molecule has 0 N–H and O–H groups in total. The maximum atomic E-state index is 13.1. The monoisotopic (exact) mass is 369 g/mol. The van der Waals surface area contributed by atoms with Gasteiger partial charge in [0.25, 0.3) is 0 Å². The normalized spacial score (nSPS) is 11.7. The van der Waals surface area contributed by atoms with Crippen molar-refractivity contribution in [2.75, 3.05) is 0 Å². The number of thiophene rings is 1. The fourth-order valence-electron chi connectivity index (χ4n) is 2.69. The molecule has 124 valence electrons. The van der Waals surface area contributed by atoms with Gasteiger partial charge in [-0.25, -0.2) is 4.98 Å². The molecule has 4 aromatic rings. The quantitative estimate of drug-likeness (QED) is 0.461. The molecule has 2 heterocycles. The summed E-state index contributed by atoms with van der Waals surface area (Å²) in [5, 5.41) is 2.61. The highest BCUT2D eigenvalue weighted by Gasteiger charge is 2.13. The van der Waals surface area contributed by atoms with E-state index < -0.39 is 10.2 Å². The van der Waals surface area contributed by atoms with Crippen LogP contribution in [0.1, 0.15) is 0 Å². The first kappa shape index (κ1) is 15.9. The first-order chi connectivity index (χ1) is 12.0. The van der Waals surface area contributed by atoms with Crippen molar-refractivity contribution in [1.29, 1.82) is 0 Å². The van der Waals surface area contributed by atoms with Crippen molar-refractivity contribution < 1.29 is 12.3 Å². The predicted octanol–water partition coefficient (Wildman–Crippen LogP) is 5.29. The maximum absolute atomic E-state index is 13.1. The predicted molar refractivity (Wildman–Crippen MR) is 98.8 cm³/mol. The molecule has 0 aliphatic heterocycles. The van der Waals surface area contributed by atoms with Gasteiger partial charge in [0.15, 0.2) is 0 Å². The van der Waals surface area contributed by atoms with E-state index in [1.165, 1.54) is 23.1 Å². The number of aromatic nitrogens is 1. The number of hydrogen-bond donors (Lipinski definition) is 0. The lowest BCUT2D eigenvalue weighted by molar-refractivity contribution is 0.552. The van der Waals surface area contributed by atoms with Crippen LogP contribution in [0.5, 0.6) is 0 Å². The highest BCUT2D eigenvalue weighted by molar-refractivity contribution is 7.86. The minimum absolute atomic E-state index is 0.353. The topological polar surface area (TPSA) is 47.0 Å². The number of hydrogen-bond acceptors (Lipinski definition) is 4. The minimum Gasteiger partial charge on any atom is -0.248 e. The van der Waals surface area contributed by atoms with Gasteiger partial charge in [-0.05, 0) is 47.3 Å². The molecule has 0 amide bonds. The van der Waals surface area contributed by atoms with Crippen LogP contribution in [0.15, 0.2) is 77.0 Å².